The molecule has 21 heavy (non-hydrogen) atoms. The first-order valence-electron chi connectivity index (χ1n) is 6.70. The lowest BCUT2D eigenvalue weighted by Gasteiger charge is -2.13. The molecule has 1 atom stereocenters. The zero-order valence-electron chi connectivity index (χ0n) is 12.5. The fraction of sp³-hybridized carbons (Fsp3) is 0.467. The van der Waals surface area contributed by atoms with Gasteiger partial charge < -0.3 is 19.9 Å². The van der Waals surface area contributed by atoms with Crippen molar-refractivity contribution in [3.63, 3.8) is 0 Å². The first kappa shape index (κ1) is 16.8. The number of amides is 1. The number of benzene rings is 1. The van der Waals surface area contributed by atoms with Crippen LogP contribution >= 0.6 is 0 Å². The number of carboxylic acids is 1. The standard InChI is InChI=1S/C15H21NO5/c1-10(4-7-14(17)18)9-16-15(19)11-5-6-12(20-2)13(8-11)21-3/h5-6,8,10H,4,7,9H2,1-3H3,(H,16,19)(H,17,18). The lowest BCUT2D eigenvalue weighted by atomic mass is 10.1. The Kier molecular flexibility index (Phi) is 6.52. The number of carbonyl (C=O) groups excluding carboxylic acids is 1. The molecule has 0 aliphatic carbocycles. The van der Waals surface area contributed by atoms with Crippen LogP contribution in [0.25, 0.3) is 0 Å². The van der Waals surface area contributed by atoms with Gasteiger partial charge in [0.15, 0.2) is 11.5 Å². The highest BCUT2D eigenvalue weighted by Crippen LogP contribution is 2.27. The summed E-state index contributed by atoms with van der Waals surface area (Å²) >= 11 is 0. The van der Waals surface area contributed by atoms with E-state index in [0.29, 0.717) is 30.0 Å². The van der Waals surface area contributed by atoms with E-state index in [-0.39, 0.29) is 18.2 Å². The van der Waals surface area contributed by atoms with Crippen LogP contribution in [-0.2, 0) is 4.79 Å². The molecule has 0 saturated heterocycles. The highest BCUT2D eigenvalue weighted by molar-refractivity contribution is 5.94. The average Bonchev–Trinajstić information content (AvgIpc) is 2.49. The van der Waals surface area contributed by atoms with Crippen molar-refractivity contribution in [1.29, 1.82) is 0 Å². The van der Waals surface area contributed by atoms with Gasteiger partial charge in [0.25, 0.3) is 5.91 Å². The van der Waals surface area contributed by atoms with Gasteiger partial charge in [-0.25, -0.2) is 0 Å². The highest BCUT2D eigenvalue weighted by atomic mass is 16.5. The van der Waals surface area contributed by atoms with Gasteiger partial charge in [-0.1, -0.05) is 6.92 Å². The lowest BCUT2D eigenvalue weighted by Crippen LogP contribution is -2.28. The molecule has 0 spiro atoms. The first-order valence-corrected chi connectivity index (χ1v) is 6.70. The molecule has 6 nitrogen and oxygen atoms in total. The van der Waals surface area contributed by atoms with E-state index in [1.165, 1.54) is 14.2 Å². The van der Waals surface area contributed by atoms with Gasteiger partial charge in [-0.15, -0.1) is 0 Å². The van der Waals surface area contributed by atoms with Crippen molar-refractivity contribution >= 4 is 11.9 Å². The van der Waals surface area contributed by atoms with E-state index in [0.717, 1.165) is 0 Å². The highest BCUT2D eigenvalue weighted by Gasteiger charge is 2.12. The third-order valence-corrected chi connectivity index (χ3v) is 3.11. The molecule has 0 aliphatic heterocycles. The third kappa shape index (κ3) is 5.33. The number of carbonyl (C=O) groups is 2. The molecule has 1 aromatic carbocycles. The molecular weight excluding hydrogens is 274 g/mol. The molecule has 0 bridgehead atoms. The Balaban J connectivity index is 2.57. The molecule has 1 unspecified atom stereocenters. The number of ether oxygens (including phenoxy) is 2. The summed E-state index contributed by atoms with van der Waals surface area (Å²) < 4.78 is 10.3. The number of methoxy groups -OCH3 is 2. The van der Waals surface area contributed by atoms with Crippen LogP contribution < -0.4 is 14.8 Å². The second-order valence-corrected chi connectivity index (χ2v) is 4.82. The Morgan fingerprint density at radius 2 is 1.90 bits per heavy atom. The van der Waals surface area contributed by atoms with Gasteiger partial charge in [-0.05, 0) is 30.5 Å². The molecule has 0 saturated carbocycles. The molecule has 0 aromatic heterocycles. The van der Waals surface area contributed by atoms with Crippen LogP contribution in [0.5, 0.6) is 11.5 Å². The Bertz CT molecular complexity index is 501. The number of nitrogens with one attached hydrogen (secondary N) is 1. The molecule has 116 valence electrons. The molecular formula is C15H21NO5. The Morgan fingerprint density at radius 1 is 1.24 bits per heavy atom. The summed E-state index contributed by atoms with van der Waals surface area (Å²) in [6.45, 7) is 2.33. The van der Waals surface area contributed by atoms with Gasteiger partial charge in [-0.2, -0.15) is 0 Å². The van der Waals surface area contributed by atoms with Crippen molar-refractivity contribution in [3.8, 4) is 11.5 Å². The fourth-order valence-corrected chi connectivity index (χ4v) is 1.82. The Hall–Kier alpha value is -2.24. The summed E-state index contributed by atoms with van der Waals surface area (Å²) in [5.41, 5.74) is 0.470. The SMILES string of the molecule is COc1ccc(C(=O)NCC(C)CCC(=O)O)cc1OC. The Morgan fingerprint density at radius 3 is 2.48 bits per heavy atom. The van der Waals surface area contributed by atoms with Crippen LogP contribution in [0.15, 0.2) is 18.2 Å². The summed E-state index contributed by atoms with van der Waals surface area (Å²) in [5, 5.41) is 11.4. The van der Waals surface area contributed by atoms with Crippen LogP contribution in [0.2, 0.25) is 0 Å². The zero-order chi connectivity index (χ0) is 15.8. The van der Waals surface area contributed by atoms with Crippen molar-refractivity contribution in [3.05, 3.63) is 23.8 Å². The average molecular weight is 295 g/mol. The van der Waals surface area contributed by atoms with Crippen molar-refractivity contribution in [2.45, 2.75) is 19.8 Å². The van der Waals surface area contributed by atoms with Crippen molar-refractivity contribution in [2.24, 2.45) is 5.92 Å². The van der Waals surface area contributed by atoms with Gasteiger partial charge in [0.05, 0.1) is 14.2 Å². The van der Waals surface area contributed by atoms with Crippen molar-refractivity contribution in [1.82, 2.24) is 5.32 Å². The molecule has 1 aromatic rings. The first-order chi connectivity index (χ1) is 9.97. The molecule has 0 heterocycles. The van der Waals surface area contributed by atoms with Gasteiger partial charge in [0.2, 0.25) is 0 Å². The van der Waals surface area contributed by atoms with Gasteiger partial charge in [0, 0.05) is 18.5 Å². The van der Waals surface area contributed by atoms with Gasteiger partial charge in [-0.3, -0.25) is 9.59 Å². The predicted octanol–water partition coefficient (Wildman–Crippen LogP) is 1.93. The summed E-state index contributed by atoms with van der Waals surface area (Å²) in [7, 11) is 3.04. The van der Waals surface area contributed by atoms with Crippen LogP contribution in [0, 0.1) is 5.92 Å². The summed E-state index contributed by atoms with van der Waals surface area (Å²) in [6.07, 6.45) is 0.634. The lowest BCUT2D eigenvalue weighted by molar-refractivity contribution is -0.137. The number of hydrogen-bond acceptors (Lipinski definition) is 4. The minimum absolute atomic E-state index is 0.102. The molecule has 0 aliphatic rings. The van der Waals surface area contributed by atoms with E-state index >= 15 is 0 Å². The normalized spacial score (nSPS) is 11.6. The topological polar surface area (TPSA) is 84.9 Å². The maximum absolute atomic E-state index is 12.0. The van der Waals surface area contributed by atoms with E-state index in [9.17, 15) is 9.59 Å². The number of carboxylic acid groups (broad SMARTS) is 1. The van der Waals surface area contributed by atoms with Crippen molar-refractivity contribution < 1.29 is 24.2 Å². The molecule has 6 heteroatoms. The van der Waals surface area contributed by atoms with Crippen LogP contribution in [0.3, 0.4) is 0 Å². The second kappa shape index (κ2) is 8.14. The number of aliphatic carboxylic acids is 1. The van der Waals surface area contributed by atoms with Gasteiger partial charge in [0.1, 0.15) is 0 Å². The smallest absolute Gasteiger partial charge is 0.303 e. The molecule has 1 amide bonds. The predicted molar refractivity (Wildman–Crippen MR) is 77.9 cm³/mol. The summed E-state index contributed by atoms with van der Waals surface area (Å²) in [6, 6.07) is 4.93. The van der Waals surface area contributed by atoms with Crippen LogP contribution in [0.4, 0.5) is 0 Å². The minimum atomic E-state index is -0.826. The zero-order valence-corrected chi connectivity index (χ0v) is 12.5. The summed E-state index contributed by atoms with van der Waals surface area (Å²) in [4.78, 5) is 22.5. The maximum Gasteiger partial charge on any atom is 0.303 e. The quantitative estimate of drug-likeness (QED) is 0.765. The van der Waals surface area contributed by atoms with E-state index in [2.05, 4.69) is 5.32 Å². The van der Waals surface area contributed by atoms with E-state index in [4.69, 9.17) is 14.6 Å². The molecule has 1 rings (SSSR count). The van der Waals surface area contributed by atoms with Crippen molar-refractivity contribution in [2.75, 3.05) is 20.8 Å². The Labute approximate surface area is 124 Å². The molecule has 0 radical (unpaired) electrons. The fourth-order valence-electron chi connectivity index (χ4n) is 1.82. The molecule has 2 N–H and O–H groups in total. The number of rotatable bonds is 8. The van der Waals surface area contributed by atoms with E-state index < -0.39 is 5.97 Å². The van der Waals surface area contributed by atoms with E-state index in [1.807, 2.05) is 6.92 Å². The largest absolute Gasteiger partial charge is 0.493 e. The minimum Gasteiger partial charge on any atom is -0.493 e. The monoisotopic (exact) mass is 295 g/mol. The van der Waals surface area contributed by atoms with E-state index in [1.54, 1.807) is 18.2 Å². The third-order valence-electron chi connectivity index (χ3n) is 3.11. The van der Waals surface area contributed by atoms with Crippen LogP contribution in [0.1, 0.15) is 30.1 Å². The second-order valence-electron chi connectivity index (χ2n) is 4.82. The molecule has 0 fully saturated rings. The maximum atomic E-state index is 12.0. The number of hydrogen-bond donors (Lipinski definition) is 2. The summed E-state index contributed by atoms with van der Waals surface area (Å²) in [5.74, 6) is 0.101. The van der Waals surface area contributed by atoms with Crippen LogP contribution in [-0.4, -0.2) is 37.7 Å². The van der Waals surface area contributed by atoms with Gasteiger partial charge >= 0.3 is 5.97 Å².